The Bertz CT molecular complexity index is 878. The number of anilines is 2. The van der Waals surface area contributed by atoms with Crippen molar-refractivity contribution in [2.75, 3.05) is 29.9 Å². The normalized spacial score (nSPS) is 17.2. The predicted octanol–water partition coefficient (Wildman–Crippen LogP) is 1.92. The zero-order chi connectivity index (χ0) is 17.2. The van der Waals surface area contributed by atoms with E-state index in [-0.39, 0.29) is 0 Å². The van der Waals surface area contributed by atoms with Crippen molar-refractivity contribution < 1.29 is 4.74 Å². The minimum atomic E-state index is 0.320. The fourth-order valence-electron chi connectivity index (χ4n) is 3.10. The first-order chi connectivity index (χ1) is 12.2. The van der Waals surface area contributed by atoms with E-state index in [4.69, 9.17) is 4.74 Å². The molecule has 1 atom stereocenters. The van der Waals surface area contributed by atoms with Crippen LogP contribution in [-0.4, -0.2) is 50.3 Å². The number of fused-ring (bicyclic) bond motifs is 1. The van der Waals surface area contributed by atoms with E-state index in [9.17, 15) is 0 Å². The second kappa shape index (κ2) is 6.54. The molecule has 0 aliphatic carbocycles. The highest BCUT2D eigenvalue weighted by Crippen LogP contribution is 2.22. The molecule has 8 heteroatoms. The Balaban J connectivity index is 1.43. The molecule has 4 heterocycles. The minimum absolute atomic E-state index is 0.320. The second-order valence-corrected chi connectivity index (χ2v) is 6.13. The van der Waals surface area contributed by atoms with Gasteiger partial charge in [-0.05, 0) is 32.4 Å². The highest BCUT2D eigenvalue weighted by atomic mass is 16.5. The molecule has 1 fully saturated rings. The van der Waals surface area contributed by atoms with Crippen molar-refractivity contribution >= 4 is 17.3 Å². The highest BCUT2D eigenvalue weighted by Gasteiger charge is 2.24. The van der Waals surface area contributed by atoms with Gasteiger partial charge in [-0.1, -0.05) is 0 Å². The van der Waals surface area contributed by atoms with Crippen LogP contribution < -0.4 is 15.0 Å². The molecule has 0 bridgehead atoms. The van der Waals surface area contributed by atoms with Crippen LogP contribution in [0.1, 0.15) is 19.0 Å². The Morgan fingerprint density at radius 1 is 1.32 bits per heavy atom. The van der Waals surface area contributed by atoms with E-state index in [0.717, 1.165) is 42.5 Å². The summed E-state index contributed by atoms with van der Waals surface area (Å²) in [6, 6.07) is 6.17. The first kappa shape index (κ1) is 15.6. The molecule has 1 unspecified atom stereocenters. The van der Waals surface area contributed by atoms with Crippen molar-refractivity contribution in [3.8, 4) is 5.88 Å². The lowest BCUT2D eigenvalue weighted by Gasteiger charge is -2.18. The maximum absolute atomic E-state index is 5.46. The lowest BCUT2D eigenvalue weighted by Crippen LogP contribution is -2.27. The van der Waals surface area contributed by atoms with Gasteiger partial charge >= 0.3 is 0 Å². The molecule has 1 N–H and O–H groups in total. The summed E-state index contributed by atoms with van der Waals surface area (Å²) in [6.45, 7) is 6.32. The van der Waals surface area contributed by atoms with Gasteiger partial charge in [0, 0.05) is 25.2 Å². The van der Waals surface area contributed by atoms with Gasteiger partial charge in [0.05, 0.1) is 18.5 Å². The van der Waals surface area contributed by atoms with E-state index in [0.29, 0.717) is 18.5 Å². The molecule has 25 heavy (non-hydrogen) atoms. The molecule has 1 saturated heterocycles. The van der Waals surface area contributed by atoms with Crippen molar-refractivity contribution in [2.24, 2.45) is 0 Å². The zero-order valence-electron chi connectivity index (χ0n) is 14.4. The Labute approximate surface area is 145 Å². The molecule has 0 saturated carbocycles. The molecule has 0 radical (unpaired) electrons. The fourth-order valence-corrected chi connectivity index (χ4v) is 3.10. The summed E-state index contributed by atoms with van der Waals surface area (Å²) in [5.74, 6) is 2.37. The van der Waals surface area contributed by atoms with E-state index >= 15 is 0 Å². The Morgan fingerprint density at radius 3 is 3.12 bits per heavy atom. The molecular weight excluding hydrogens is 318 g/mol. The first-order valence-electron chi connectivity index (χ1n) is 8.50. The van der Waals surface area contributed by atoms with Gasteiger partial charge in [0.25, 0.3) is 0 Å². The van der Waals surface area contributed by atoms with Gasteiger partial charge in [0.15, 0.2) is 5.65 Å². The maximum Gasteiger partial charge on any atom is 0.218 e. The van der Waals surface area contributed by atoms with Gasteiger partial charge in [0.1, 0.15) is 18.0 Å². The highest BCUT2D eigenvalue weighted by molar-refractivity contribution is 5.47. The molecule has 1 aliphatic heterocycles. The van der Waals surface area contributed by atoms with Crippen molar-refractivity contribution in [1.82, 2.24) is 24.6 Å². The standard InChI is InChI=1S/C17H21N7O/c1-3-25-17-8-16(18-11-19-17)23-7-6-13(10-23)21-14-4-5-15-20-12(2)9-24(15)22-14/h4-5,8-9,11,13H,3,6-7,10H2,1-2H3,(H,21,22). The molecule has 0 spiro atoms. The summed E-state index contributed by atoms with van der Waals surface area (Å²) < 4.78 is 7.27. The summed E-state index contributed by atoms with van der Waals surface area (Å²) >= 11 is 0. The van der Waals surface area contributed by atoms with Crippen molar-refractivity contribution in [3.63, 3.8) is 0 Å². The number of hydrogen-bond acceptors (Lipinski definition) is 7. The number of imidazole rings is 1. The van der Waals surface area contributed by atoms with Crippen molar-refractivity contribution in [1.29, 1.82) is 0 Å². The van der Waals surface area contributed by atoms with Gasteiger partial charge in [-0.2, -0.15) is 0 Å². The summed E-state index contributed by atoms with van der Waals surface area (Å²) in [4.78, 5) is 15.1. The number of aromatic nitrogens is 5. The number of aryl methyl sites for hydroxylation is 1. The second-order valence-electron chi connectivity index (χ2n) is 6.13. The lowest BCUT2D eigenvalue weighted by atomic mass is 10.2. The third-order valence-corrected chi connectivity index (χ3v) is 4.22. The zero-order valence-corrected chi connectivity index (χ0v) is 14.4. The average Bonchev–Trinajstić information content (AvgIpc) is 3.21. The van der Waals surface area contributed by atoms with Gasteiger partial charge in [-0.25, -0.2) is 19.5 Å². The monoisotopic (exact) mass is 339 g/mol. The smallest absolute Gasteiger partial charge is 0.218 e. The van der Waals surface area contributed by atoms with E-state index in [2.05, 4.69) is 30.3 Å². The molecule has 0 aromatic carbocycles. The molecule has 8 nitrogen and oxygen atoms in total. The molecule has 3 aromatic heterocycles. The molecule has 3 aromatic rings. The van der Waals surface area contributed by atoms with Crippen LogP contribution in [0.4, 0.5) is 11.6 Å². The molecule has 4 rings (SSSR count). The van der Waals surface area contributed by atoms with Crippen LogP contribution in [0, 0.1) is 6.92 Å². The maximum atomic E-state index is 5.46. The molecule has 130 valence electrons. The van der Waals surface area contributed by atoms with Crippen LogP contribution in [0.25, 0.3) is 5.65 Å². The summed E-state index contributed by atoms with van der Waals surface area (Å²) in [6.07, 6.45) is 4.51. The van der Waals surface area contributed by atoms with Crippen LogP contribution in [0.2, 0.25) is 0 Å². The quantitative estimate of drug-likeness (QED) is 0.760. The third-order valence-electron chi connectivity index (χ3n) is 4.22. The fraction of sp³-hybridized carbons (Fsp3) is 0.412. The molecule has 0 amide bonds. The SMILES string of the molecule is CCOc1cc(N2CCC(Nc3ccc4nc(C)cn4n3)C2)ncn1. The summed E-state index contributed by atoms with van der Waals surface area (Å²) in [5, 5.41) is 8.08. The number of nitrogens with one attached hydrogen (secondary N) is 1. The first-order valence-corrected chi connectivity index (χ1v) is 8.50. The Kier molecular flexibility index (Phi) is 4.09. The van der Waals surface area contributed by atoms with Crippen molar-refractivity contribution in [3.05, 3.63) is 36.4 Å². The van der Waals surface area contributed by atoms with Crippen molar-refractivity contribution in [2.45, 2.75) is 26.3 Å². The Hall–Kier alpha value is -2.90. The largest absolute Gasteiger partial charge is 0.478 e. The number of ether oxygens (including phenoxy) is 1. The number of hydrogen-bond donors (Lipinski definition) is 1. The van der Waals surface area contributed by atoms with Crippen LogP contribution in [0.5, 0.6) is 5.88 Å². The van der Waals surface area contributed by atoms with Gasteiger partial charge in [0.2, 0.25) is 5.88 Å². The van der Waals surface area contributed by atoms with Gasteiger partial charge in [-0.3, -0.25) is 0 Å². The van der Waals surface area contributed by atoms with E-state index in [1.54, 1.807) is 6.33 Å². The number of rotatable bonds is 5. The topological polar surface area (TPSA) is 80.5 Å². The third kappa shape index (κ3) is 3.33. The molecular formula is C17H21N7O. The van der Waals surface area contributed by atoms with E-state index in [1.165, 1.54) is 0 Å². The lowest BCUT2D eigenvalue weighted by molar-refractivity contribution is 0.326. The predicted molar refractivity (Wildman–Crippen MR) is 95.2 cm³/mol. The van der Waals surface area contributed by atoms with Crippen LogP contribution >= 0.6 is 0 Å². The van der Waals surface area contributed by atoms with E-state index in [1.807, 2.05) is 42.8 Å². The van der Waals surface area contributed by atoms with Gasteiger partial charge < -0.3 is 15.0 Å². The van der Waals surface area contributed by atoms with E-state index < -0.39 is 0 Å². The summed E-state index contributed by atoms with van der Waals surface area (Å²) in [7, 11) is 0. The van der Waals surface area contributed by atoms with Gasteiger partial charge in [-0.15, -0.1) is 5.10 Å². The van der Waals surface area contributed by atoms with Crippen LogP contribution in [0.3, 0.4) is 0 Å². The van der Waals surface area contributed by atoms with Crippen LogP contribution in [-0.2, 0) is 0 Å². The average molecular weight is 339 g/mol. The molecule has 1 aliphatic rings. The van der Waals surface area contributed by atoms with Crippen LogP contribution in [0.15, 0.2) is 30.7 Å². The summed E-state index contributed by atoms with van der Waals surface area (Å²) in [5.41, 5.74) is 1.83. The minimum Gasteiger partial charge on any atom is -0.478 e. The Morgan fingerprint density at radius 2 is 2.24 bits per heavy atom. The number of nitrogens with zero attached hydrogens (tertiary/aromatic N) is 6.